The van der Waals surface area contributed by atoms with Crippen molar-refractivity contribution in [1.82, 2.24) is 5.32 Å². The van der Waals surface area contributed by atoms with Gasteiger partial charge in [-0.15, -0.1) is 0 Å². The summed E-state index contributed by atoms with van der Waals surface area (Å²) in [7, 11) is 0. The molecule has 1 unspecified atom stereocenters. The van der Waals surface area contributed by atoms with Crippen LogP contribution in [0.2, 0.25) is 0 Å². The van der Waals surface area contributed by atoms with Crippen LogP contribution in [0.5, 0.6) is 0 Å². The number of amides is 1. The third-order valence-electron chi connectivity index (χ3n) is 2.64. The smallest absolute Gasteiger partial charge is 0.251 e. The molecule has 2 aromatic rings. The monoisotopic (exact) mass is 244 g/mol. The van der Waals surface area contributed by atoms with Crippen LogP contribution in [0.25, 0.3) is 0 Å². The first-order chi connectivity index (χ1) is 8.65. The molecule has 1 aromatic carbocycles. The summed E-state index contributed by atoms with van der Waals surface area (Å²) in [4.78, 5) is 11.9. The van der Waals surface area contributed by atoms with Crippen molar-refractivity contribution in [3.8, 4) is 0 Å². The van der Waals surface area contributed by atoms with Gasteiger partial charge in [0.1, 0.15) is 5.76 Å². The Morgan fingerprint density at radius 1 is 1.33 bits per heavy atom. The van der Waals surface area contributed by atoms with E-state index in [2.05, 4.69) is 5.32 Å². The van der Waals surface area contributed by atoms with E-state index in [0.717, 1.165) is 5.76 Å². The Morgan fingerprint density at radius 3 is 2.67 bits per heavy atom. The molecule has 4 nitrogen and oxygen atoms in total. The Labute approximate surface area is 106 Å². The van der Waals surface area contributed by atoms with Crippen LogP contribution < -0.4 is 11.1 Å². The van der Waals surface area contributed by atoms with Crippen molar-refractivity contribution >= 4 is 11.6 Å². The van der Waals surface area contributed by atoms with Gasteiger partial charge in [-0.1, -0.05) is 0 Å². The van der Waals surface area contributed by atoms with Crippen LogP contribution in [0.3, 0.4) is 0 Å². The lowest BCUT2D eigenvalue weighted by Gasteiger charge is -2.12. The lowest BCUT2D eigenvalue weighted by atomic mass is 10.1. The molecular formula is C14H16N2O2. The van der Waals surface area contributed by atoms with Gasteiger partial charge in [0.2, 0.25) is 0 Å². The highest BCUT2D eigenvalue weighted by molar-refractivity contribution is 5.94. The molecule has 94 valence electrons. The third-order valence-corrected chi connectivity index (χ3v) is 2.64. The minimum atomic E-state index is -0.103. The SMILES string of the molecule is CC(Cc1ccco1)NC(=O)c1ccc(N)cc1. The average Bonchev–Trinajstić information content (AvgIpc) is 2.82. The zero-order valence-corrected chi connectivity index (χ0v) is 10.2. The summed E-state index contributed by atoms with van der Waals surface area (Å²) < 4.78 is 5.24. The highest BCUT2D eigenvalue weighted by Gasteiger charge is 2.11. The quantitative estimate of drug-likeness (QED) is 0.810. The van der Waals surface area contributed by atoms with Crippen LogP contribution in [0.4, 0.5) is 5.69 Å². The third kappa shape index (κ3) is 3.13. The standard InChI is InChI=1S/C14H16N2O2/c1-10(9-13-3-2-8-18-13)16-14(17)11-4-6-12(15)7-5-11/h2-8,10H,9,15H2,1H3,(H,16,17). The molecule has 1 aromatic heterocycles. The molecule has 1 amide bonds. The van der Waals surface area contributed by atoms with Gasteiger partial charge in [-0.05, 0) is 43.3 Å². The molecule has 18 heavy (non-hydrogen) atoms. The van der Waals surface area contributed by atoms with Gasteiger partial charge in [0.25, 0.3) is 5.91 Å². The van der Waals surface area contributed by atoms with Gasteiger partial charge in [-0.2, -0.15) is 0 Å². The lowest BCUT2D eigenvalue weighted by molar-refractivity contribution is 0.0939. The van der Waals surface area contributed by atoms with Gasteiger partial charge < -0.3 is 15.5 Å². The van der Waals surface area contributed by atoms with E-state index in [1.807, 2.05) is 19.1 Å². The second-order valence-electron chi connectivity index (χ2n) is 4.28. The molecule has 1 atom stereocenters. The van der Waals surface area contributed by atoms with E-state index in [9.17, 15) is 4.79 Å². The first-order valence-electron chi connectivity index (χ1n) is 5.84. The molecule has 0 aliphatic rings. The van der Waals surface area contributed by atoms with E-state index in [1.54, 1.807) is 30.5 Å². The van der Waals surface area contributed by atoms with E-state index in [4.69, 9.17) is 10.2 Å². The predicted molar refractivity (Wildman–Crippen MR) is 70.2 cm³/mol. The largest absolute Gasteiger partial charge is 0.469 e. The van der Waals surface area contributed by atoms with Gasteiger partial charge in [-0.3, -0.25) is 4.79 Å². The number of furan rings is 1. The first kappa shape index (κ1) is 12.2. The van der Waals surface area contributed by atoms with Crippen molar-refractivity contribution in [1.29, 1.82) is 0 Å². The number of hydrogen-bond acceptors (Lipinski definition) is 3. The van der Waals surface area contributed by atoms with Crippen LogP contribution in [-0.4, -0.2) is 11.9 Å². The molecule has 3 N–H and O–H groups in total. The van der Waals surface area contributed by atoms with Crippen LogP contribution in [0.1, 0.15) is 23.0 Å². The number of nitrogens with one attached hydrogen (secondary N) is 1. The normalized spacial score (nSPS) is 12.1. The van der Waals surface area contributed by atoms with Crippen molar-refractivity contribution in [2.75, 3.05) is 5.73 Å². The van der Waals surface area contributed by atoms with Crippen molar-refractivity contribution < 1.29 is 9.21 Å². The number of hydrogen-bond donors (Lipinski definition) is 2. The van der Waals surface area contributed by atoms with Crippen LogP contribution in [0.15, 0.2) is 47.1 Å². The fourth-order valence-electron chi connectivity index (χ4n) is 1.72. The number of nitrogens with two attached hydrogens (primary N) is 1. The average molecular weight is 244 g/mol. The molecule has 0 saturated carbocycles. The molecule has 1 heterocycles. The highest BCUT2D eigenvalue weighted by atomic mass is 16.3. The van der Waals surface area contributed by atoms with Gasteiger partial charge in [0.15, 0.2) is 0 Å². The maximum Gasteiger partial charge on any atom is 0.251 e. The van der Waals surface area contributed by atoms with Gasteiger partial charge in [0, 0.05) is 23.7 Å². The van der Waals surface area contributed by atoms with Crippen molar-refractivity contribution in [2.45, 2.75) is 19.4 Å². The summed E-state index contributed by atoms with van der Waals surface area (Å²) in [6.07, 6.45) is 2.30. The second-order valence-corrected chi connectivity index (χ2v) is 4.28. The van der Waals surface area contributed by atoms with Crippen molar-refractivity contribution in [3.05, 3.63) is 54.0 Å². The van der Waals surface area contributed by atoms with E-state index in [-0.39, 0.29) is 11.9 Å². The van der Waals surface area contributed by atoms with Crippen LogP contribution in [0, 0.1) is 0 Å². The minimum absolute atomic E-state index is 0.0150. The number of carbonyl (C=O) groups excluding carboxylic acids is 1. The molecule has 0 aliphatic carbocycles. The van der Waals surface area contributed by atoms with Crippen molar-refractivity contribution in [2.24, 2.45) is 0 Å². The minimum Gasteiger partial charge on any atom is -0.469 e. The van der Waals surface area contributed by atoms with E-state index in [0.29, 0.717) is 17.7 Å². The van der Waals surface area contributed by atoms with E-state index >= 15 is 0 Å². The molecule has 2 rings (SSSR count). The maximum absolute atomic E-state index is 11.9. The fourth-order valence-corrected chi connectivity index (χ4v) is 1.72. The summed E-state index contributed by atoms with van der Waals surface area (Å²) >= 11 is 0. The van der Waals surface area contributed by atoms with E-state index < -0.39 is 0 Å². The number of nitrogen functional groups attached to an aromatic ring is 1. The maximum atomic E-state index is 11.9. The fraction of sp³-hybridized carbons (Fsp3) is 0.214. The van der Waals surface area contributed by atoms with Crippen LogP contribution >= 0.6 is 0 Å². The summed E-state index contributed by atoms with van der Waals surface area (Å²) in [5.74, 6) is 0.758. The summed E-state index contributed by atoms with van der Waals surface area (Å²) in [6.45, 7) is 1.94. The Morgan fingerprint density at radius 2 is 2.06 bits per heavy atom. The zero-order valence-electron chi connectivity index (χ0n) is 10.2. The summed E-state index contributed by atoms with van der Waals surface area (Å²) in [5.41, 5.74) is 6.83. The van der Waals surface area contributed by atoms with Crippen LogP contribution in [-0.2, 0) is 6.42 Å². The van der Waals surface area contributed by atoms with E-state index in [1.165, 1.54) is 0 Å². The molecular weight excluding hydrogens is 228 g/mol. The lowest BCUT2D eigenvalue weighted by Crippen LogP contribution is -2.33. The Hall–Kier alpha value is -2.23. The number of benzene rings is 1. The number of anilines is 1. The molecule has 0 spiro atoms. The number of carbonyl (C=O) groups is 1. The van der Waals surface area contributed by atoms with Gasteiger partial charge >= 0.3 is 0 Å². The Balaban J connectivity index is 1.92. The summed E-state index contributed by atoms with van der Waals surface area (Å²) in [5, 5.41) is 2.91. The molecule has 4 heteroatoms. The topological polar surface area (TPSA) is 68.3 Å². The number of rotatable bonds is 4. The Bertz CT molecular complexity index is 503. The Kier molecular flexibility index (Phi) is 3.67. The second kappa shape index (κ2) is 5.40. The van der Waals surface area contributed by atoms with Crippen molar-refractivity contribution in [3.63, 3.8) is 0 Å². The molecule has 0 aliphatic heterocycles. The first-order valence-corrected chi connectivity index (χ1v) is 5.84. The highest BCUT2D eigenvalue weighted by Crippen LogP contribution is 2.07. The predicted octanol–water partition coefficient (Wildman–Crippen LogP) is 2.22. The molecule has 0 saturated heterocycles. The molecule has 0 fully saturated rings. The van der Waals surface area contributed by atoms with Gasteiger partial charge in [0.05, 0.1) is 6.26 Å². The molecule has 0 bridgehead atoms. The summed E-state index contributed by atoms with van der Waals surface area (Å²) in [6, 6.07) is 10.6. The zero-order chi connectivity index (χ0) is 13.0. The molecule has 0 radical (unpaired) electrons. The van der Waals surface area contributed by atoms with Gasteiger partial charge in [-0.25, -0.2) is 0 Å².